The minimum Gasteiger partial charge on any atom is -0.492 e. The lowest BCUT2D eigenvalue weighted by Crippen LogP contribution is -2.04. The van der Waals surface area contributed by atoms with Crippen LogP contribution in [0.2, 0.25) is 0 Å². The molecule has 0 aliphatic heterocycles. The summed E-state index contributed by atoms with van der Waals surface area (Å²) in [6.07, 6.45) is 1.76. The Morgan fingerprint density at radius 2 is 2.10 bits per heavy atom. The van der Waals surface area contributed by atoms with Gasteiger partial charge in [-0.2, -0.15) is 0 Å². The number of para-hydroxylation sites is 1. The van der Waals surface area contributed by atoms with E-state index in [-0.39, 0.29) is 5.78 Å². The van der Waals surface area contributed by atoms with Crippen molar-refractivity contribution in [1.82, 2.24) is 4.98 Å². The van der Waals surface area contributed by atoms with E-state index in [9.17, 15) is 4.79 Å². The molecule has 0 aliphatic carbocycles. The molecular weight excluding hydrogens is 338 g/mol. The second-order valence-electron chi connectivity index (χ2n) is 4.04. The number of ketones is 1. The molecule has 5 heteroatoms. The van der Waals surface area contributed by atoms with Crippen molar-refractivity contribution in [2.75, 3.05) is 12.4 Å². The van der Waals surface area contributed by atoms with E-state index in [2.05, 4.69) is 20.9 Å². The van der Waals surface area contributed by atoms with Gasteiger partial charge in [0.1, 0.15) is 10.8 Å². The average Bonchev–Trinajstić information content (AvgIpc) is 2.45. The van der Waals surface area contributed by atoms with E-state index in [1.165, 1.54) is 0 Å². The summed E-state index contributed by atoms with van der Waals surface area (Å²) in [5.41, 5.74) is 0.622. The van der Waals surface area contributed by atoms with Crippen LogP contribution in [0.5, 0.6) is 5.75 Å². The summed E-state index contributed by atoms with van der Waals surface area (Å²) in [6.45, 7) is 2.07. The number of hydrogen-bond acceptors (Lipinski definition) is 4. The van der Waals surface area contributed by atoms with Crippen LogP contribution in [0.4, 0.5) is 0 Å². The Kier molecular flexibility index (Phi) is 5.61. The average molecular weight is 352 g/mol. The van der Waals surface area contributed by atoms with Gasteiger partial charge < -0.3 is 4.74 Å². The highest BCUT2D eigenvalue weighted by atomic mass is 79.9. The molecule has 1 aromatic heterocycles. The molecule has 2 rings (SSSR count). The van der Waals surface area contributed by atoms with E-state index >= 15 is 0 Å². The van der Waals surface area contributed by atoms with Crippen molar-refractivity contribution in [3.8, 4) is 5.75 Å². The predicted octanol–water partition coefficient (Wildman–Crippen LogP) is 4.22. The predicted molar refractivity (Wildman–Crippen MR) is 84.6 cm³/mol. The maximum absolute atomic E-state index is 11.5. The second-order valence-corrected chi connectivity index (χ2v) is 5.98. The Bertz CT molecular complexity index is 604. The molecule has 1 heterocycles. The Morgan fingerprint density at radius 1 is 1.30 bits per heavy atom. The fourth-order valence-electron chi connectivity index (χ4n) is 1.65. The van der Waals surface area contributed by atoms with Crippen LogP contribution >= 0.6 is 27.7 Å². The van der Waals surface area contributed by atoms with Crippen LogP contribution < -0.4 is 4.74 Å². The van der Waals surface area contributed by atoms with Crippen LogP contribution in [0.15, 0.2) is 52.1 Å². The minimum absolute atomic E-state index is 0.0146. The first-order chi connectivity index (χ1) is 9.68. The number of thioether (sulfide) groups is 1. The minimum atomic E-state index is 0.0146. The molecule has 20 heavy (non-hydrogen) atoms. The zero-order valence-corrected chi connectivity index (χ0v) is 13.4. The van der Waals surface area contributed by atoms with Gasteiger partial charge in [0, 0.05) is 16.4 Å². The van der Waals surface area contributed by atoms with Crippen LogP contribution in [0, 0.1) is 0 Å². The number of hydrogen-bond donors (Lipinski definition) is 0. The number of carbonyl (C=O) groups is 1. The molecule has 0 amide bonds. The van der Waals surface area contributed by atoms with Crippen LogP contribution in [0.1, 0.15) is 17.3 Å². The van der Waals surface area contributed by atoms with E-state index < -0.39 is 0 Å². The molecule has 0 N–H and O–H groups in total. The van der Waals surface area contributed by atoms with Crippen molar-refractivity contribution in [2.45, 2.75) is 11.9 Å². The third-order valence-electron chi connectivity index (χ3n) is 2.57. The standard InChI is InChI=1S/C15H14BrNO2S/c1-11(18)12-5-2-3-7-14(12)19-9-10-20-15-13(16)6-4-8-17-15/h2-8H,9-10H2,1H3. The highest BCUT2D eigenvalue weighted by Gasteiger charge is 2.07. The molecule has 0 unspecified atom stereocenters. The summed E-state index contributed by atoms with van der Waals surface area (Å²) in [6, 6.07) is 11.1. The van der Waals surface area contributed by atoms with Crippen molar-refractivity contribution in [2.24, 2.45) is 0 Å². The van der Waals surface area contributed by atoms with Gasteiger partial charge in [-0.1, -0.05) is 12.1 Å². The quantitative estimate of drug-likeness (QED) is 0.443. The molecule has 0 atom stereocenters. The van der Waals surface area contributed by atoms with Gasteiger partial charge in [-0.3, -0.25) is 4.79 Å². The van der Waals surface area contributed by atoms with Gasteiger partial charge in [0.25, 0.3) is 0 Å². The topological polar surface area (TPSA) is 39.2 Å². The van der Waals surface area contributed by atoms with Crippen LogP contribution in [-0.2, 0) is 0 Å². The van der Waals surface area contributed by atoms with E-state index in [0.29, 0.717) is 17.9 Å². The van der Waals surface area contributed by atoms with Crippen LogP contribution in [0.3, 0.4) is 0 Å². The summed E-state index contributed by atoms with van der Waals surface area (Å²) in [7, 11) is 0. The van der Waals surface area contributed by atoms with Gasteiger partial charge in [0.15, 0.2) is 5.78 Å². The van der Waals surface area contributed by atoms with E-state index in [0.717, 1.165) is 15.3 Å². The summed E-state index contributed by atoms with van der Waals surface area (Å²) in [5.74, 6) is 1.42. The lowest BCUT2D eigenvalue weighted by molar-refractivity contribution is 0.101. The lowest BCUT2D eigenvalue weighted by atomic mass is 10.1. The molecule has 0 spiro atoms. The molecule has 0 fully saturated rings. The molecule has 1 aromatic carbocycles. The first kappa shape index (κ1) is 15.1. The van der Waals surface area contributed by atoms with Crippen molar-refractivity contribution in [3.63, 3.8) is 0 Å². The highest BCUT2D eigenvalue weighted by molar-refractivity contribution is 9.10. The number of ether oxygens (including phenoxy) is 1. The highest BCUT2D eigenvalue weighted by Crippen LogP contribution is 2.25. The van der Waals surface area contributed by atoms with Gasteiger partial charge in [0.2, 0.25) is 0 Å². The van der Waals surface area contributed by atoms with Crippen molar-refractivity contribution >= 4 is 33.5 Å². The molecule has 2 aromatic rings. The van der Waals surface area contributed by atoms with Crippen molar-refractivity contribution in [1.29, 1.82) is 0 Å². The Balaban J connectivity index is 1.88. The molecule has 104 valence electrons. The fraction of sp³-hybridized carbons (Fsp3) is 0.200. The van der Waals surface area contributed by atoms with Gasteiger partial charge >= 0.3 is 0 Å². The Hall–Kier alpha value is -1.33. The number of Topliss-reactive ketones (excluding diaryl/α,β-unsaturated/α-hetero) is 1. The van der Waals surface area contributed by atoms with Gasteiger partial charge in [-0.25, -0.2) is 4.98 Å². The second kappa shape index (κ2) is 7.45. The van der Waals surface area contributed by atoms with Gasteiger partial charge in [-0.15, -0.1) is 11.8 Å². The number of pyridine rings is 1. The van der Waals surface area contributed by atoms with Crippen LogP contribution in [-0.4, -0.2) is 23.1 Å². The SMILES string of the molecule is CC(=O)c1ccccc1OCCSc1ncccc1Br. The lowest BCUT2D eigenvalue weighted by Gasteiger charge is -2.09. The number of carbonyl (C=O) groups excluding carboxylic acids is 1. The number of rotatable bonds is 6. The summed E-state index contributed by atoms with van der Waals surface area (Å²) in [4.78, 5) is 15.7. The third-order valence-corrected chi connectivity index (χ3v) is 4.44. The smallest absolute Gasteiger partial charge is 0.163 e. The molecule has 3 nitrogen and oxygen atoms in total. The van der Waals surface area contributed by atoms with E-state index in [4.69, 9.17) is 4.74 Å². The summed E-state index contributed by atoms with van der Waals surface area (Å²) < 4.78 is 6.66. The maximum Gasteiger partial charge on any atom is 0.163 e. The van der Waals surface area contributed by atoms with Crippen LogP contribution in [0.25, 0.3) is 0 Å². The molecular formula is C15H14BrNO2S. The van der Waals surface area contributed by atoms with Crippen molar-refractivity contribution in [3.05, 3.63) is 52.6 Å². The third kappa shape index (κ3) is 4.08. The molecule has 0 radical (unpaired) electrons. The molecule has 0 aliphatic rings. The number of halogens is 1. The summed E-state index contributed by atoms with van der Waals surface area (Å²) >= 11 is 5.07. The van der Waals surface area contributed by atoms with Gasteiger partial charge in [-0.05, 0) is 47.1 Å². The number of aromatic nitrogens is 1. The number of benzene rings is 1. The zero-order valence-electron chi connectivity index (χ0n) is 11.0. The molecule has 0 saturated carbocycles. The van der Waals surface area contributed by atoms with Crippen molar-refractivity contribution < 1.29 is 9.53 Å². The van der Waals surface area contributed by atoms with E-state index in [1.54, 1.807) is 30.9 Å². The molecule has 0 bridgehead atoms. The summed E-state index contributed by atoms with van der Waals surface area (Å²) in [5, 5.41) is 0.941. The van der Waals surface area contributed by atoms with E-state index in [1.807, 2.05) is 30.3 Å². The Labute approximate surface area is 130 Å². The molecule has 0 saturated heterocycles. The monoisotopic (exact) mass is 351 g/mol. The first-order valence-corrected chi connectivity index (χ1v) is 7.92. The maximum atomic E-state index is 11.5. The zero-order chi connectivity index (χ0) is 14.4. The normalized spacial score (nSPS) is 10.3. The van der Waals surface area contributed by atoms with Gasteiger partial charge in [0.05, 0.1) is 12.2 Å². The largest absolute Gasteiger partial charge is 0.492 e. The fourth-order valence-corrected chi connectivity index (χ4v) is 2.95. The number of nitrogens with zero attached hydrogens (tertiary/aromatic N) is 1. The Morgan fingerprint density at radius 3 is 2.85 bits per heavy atom. The first-order valence-electron chi connectivity index (χ1n) is 6.14.